The maximum Gasteiger partial charge on any atom is 0.342 e. The highest BCUT2D eigenvalue weighted by Gasteiger charge is 2.16. The van der Waals surface area contributed by atoms with Crippen LogP contribution < -0.4 is 5.32 Å². The third-order valence-corrected chi connectivity index (χ3v) is 4.02. The van der Waals surface area contributed by atoms with Crippen LogP contribution in [0.15, 0.2) is 18.2 Å². The van der Waals surface area contributed by atoms with Crippen molar-refractivity contribution in [1.29, 1.82) is 0 Å². The van der Waals surface area contributed by atoms with E-state index in [0.29, 0.717) is 12.5 Å². The van der Waals surface area contributed by atoms with Crippen LogP contribution in [-0.2, 0) is 9.53 Å². The second-order valence-corrected chi connectivity index (χ2v) is 5.90. The molecule has 1 fully saturated rings. The van der Waals surface area contributed by atoms with Crippen LogP contribution >= 0.6 is 0 Å². The minimum absolute atomic E-state index is 0.0834. The van der Waals surface area contributed by atoms with E-state index in [0.717, 1.165) is 18.4 Å². The summed E-state index contributed by atoms with van der Waals surface area (Å²) < 4.78 is 4.95. The van der Waals surface area contributed by atoms with Gasteiger partial charge in [0.25, 0.3) is 5.91 Å². The first kappa shape index (κ1) is 16.3. The van der Waals surface area contributed by atoms with E-state index in [9.17, 15) is 14.7 Å². The number of aryl methyl sites for hydroxylation is 1. The van der Waals surface area contributed by atoms with Crippen molar-refractivity contribution in [2.75, 3.05) is 13.2 Å². The molecule has 1 amide bonds. The number of ether oxygens (including phenoxy) is 1. The van der Waals surface area contributed by atoms with Crippen molar-refractivity contribution in [3.63, 3.8) is 0 Å². The van der Waals surface area contributed by atoms with E-state index in [2.05, 4.69) is 5.32 Å². The van der Waals surface area contributed by atoms with Crippen LogP contribution in [-0.4, -0.2) is 30.1 Å². The van der Waals surface area contributed by atoms with Gasteiger partial charge in [-0.1, -0.05) is 30.9 Å². The van der Waals surface area contributed by atoms with E-state index in [1.54, 1.807) is 6.07 Å². The van der Waals surface area contributed by atoms with E-state index in [4.69, 9.17) is 4.74 Å². The second-order valence-electron chi connectivity index (χ2n) is 5.90. The quantitative estimate of drug-likeness (QED) is 0.820. The fourth-order valence-electron chi connectivity index (χ4n) is 2.72. The van der Waals surface area contributed by atoms with Gasteiger partial charge >= 0.3 is 5.97 Å². The van der Waals surface area contributed by atoms with Crippen molar-refractivity contribution >= 4 is 11.9 Å². The van der Waals surface area contributed by atoms with Crippen LogP contribution in [0.1, 0.15) is 48.0 Å². The zero-order valence-corrected chi connectivity index (χ0v) is 12.9. The Morgan fingerprint density at radius 1 is 1.27 bits per heavy atom. The number of carbonyl (C=O) groups excluding carboxylic acids is 2. The molecule has 22 heavy (non-hydrogen) atoms. The topological polar surface area (TPSA) is 75.6 Å². The summed E-state index contributed by atoms with van der Waals surface area (Å²) in [5.74, 6) is -0.590. The number of benzene rings is 1. The van der Waals surface area contributed by atoms with Gasteiger partial charge in [0.1, 0.15) is 11.3 Å². The van der Waals surface area contributed by atoms with Crippen LogP contribution in [0, 0.1) is 12.8 Å². The second kappa shape index (κ2) is 7.82. The van der Waals surface area contributed by atoms with Gasteiger partial charge in [-0.05, 0) is 37.8 Å². The summed E-state index contributed by atoms with van der Waals surface area (Å²) in [5, 5.41) is 12.4. The average Bonchev–Trinajstić information content (AvgIpc) is 2.54. The highest BCUT2D eigenvalue weighted by atomic mass is 16.5. The highest BCUT2D eigenvalue weighted by molar-refractivity contribution is 5.94. The van der Waals surface area contributed by atoms with Crippen LogP contribution in [0.4, 0.5) is 0 Å². The third kappa shape index (κ3) is 4.76. The monoisotopic (exact) mass is 305 g/mol. The molecule has 0 atom stereocenters. The SMILES string of the molecule is Cc1ccc(O)c(C(=O)OCC(=O)NCC2CCCCC2)c1. The van der Waals surface area contributed by atoms with E-state index in [1.807, 2.05) is 6.92 Å². The zero-order valence-electron chi connectivity index (χ0n) is 12.9. The number of carbonyl (C=O) groups is 2. The van der Waals surface area contributed by atoms with E-state index in [1.165, 1.54) is 31.4 Å². The Kier molecular flexibility index (Phi) is 5.81. The summed E-state index contributed by atoms with van der Waals surface area (Å²) in [6.07, 6.45) is 6.03. The molecule has 0 spiro atoms. The van der Waals surface area contributed by atoms with Crippen LogP contribution in [0.25, 0.3) is 0 Å². The standard InChI is InChI=1S/C17H23NO4/c1-12-7-8-15(19)14(9-12)17(21)22-11-16(20)18-10-13-5-3-2-4-6-13/h7-9,13,19H,2-6,10-11H2,1H3,(H,18,20). The molecule has 5 heteroatoms. The number of aromatic hydroxyl groups is 1. The van der Waals surface area contributed by atoms with Gasteiger partial charge in [0.05, 0.1) is 0 Å². The molecule has 2 rings (SSSR count). The first-order valence-electron chi connectivity index (χ1n) is 7.79. The number of hydrogen-bond donors (Lipinski definition) is 2. The number of rotatable bonds is 5. The molecule has 0 radical (unpaired) electrons. The van der Waals surface area contributed by atoms with Crippen molar-refractivity contribution in [2.24, 2.45) is 5.92 Å². The summed E-state index contributed by atoms with van der Waals surface area (Å²) in [7, 11) is 0. The Morgan fingerprint density at radius 2 is 2.00 bits per heavy atom. The number of phenolic OH excluding ortho intramolecular Hbond substituents is 1. The molecule has 1 aromatic rings. The largest absolute Gasteiger partial charge is 0.507 e. The Hall–Kier alpha value is -2.04. The first-order chi connectivity index (χ1) is 10.6. The van der Waals surface area contributed by atoms with E-state index < -0.39 is 5.97 Å². The molecule has 0 aromatic heterocycles. The van der Waals surface area contributed by atoms with Gasteiger partial charge in [-0.3, -0.25) is 4.79 Å². The molecule has 0 bridgehead atoms. The molecule has 1 aliphatic carbocycles. The summed E-state index contributed by atoms with van der Waals surface area (Å²) in [4.78, 5) is 23.6. The van der Waals surface area contributed by atoms with Gasteiger partial charge in [0.15, 0.2) is 6.61 Å². The summed E-state index contributed by atoms with van der Waals surface area (Å²) in [5.41, 5.74) is 0.923. The lowest BCUT2D eigenvalue weighted by Crippen LogP contribution is -2.33. The van der Waals surface area contributed by atoms with E-state index >= 15 is 0 Å². The smallest absolute Gasteiger partial charge is 0.342 e. The van der Waals surface area contributed by atoms with E-state index in [-0.39, 0.29) is 23.8 Å². The Labute approximate surface area is 130 Å². The van der Waals surface area contributed by atoms with Crippen molar-refractivity contribution in [1.82, 2.24) is 5.32 Å². The maximum atomic E-state index is 11.9. The van der Waals surface area contributed by atoms with Crippen molar-refractivity contribution in [3.05, 3.63) is 29.3 Å². The predicted octanol–water partition coefficient (Wildman–Crippen LogP) is 2.55. The van der Waals surface area contributed by atoms with Crippen molar-refractivity contribution in [3.8, 4) is 5.75 Å². The molecular weight excluding hydrogens is 282 g/mol. The molecule has 0 aliphatic heterocycles. The first-order valence-corrected chi connectivity index (χ1v) is 7.79. The predicted molar refractivity (Wildman–Crippen MR) is 82.7 cm³/mol. The molecular formula is C17H23NO4. The van der Waals surface area contributed by atoms with Crippen LogP contribution in [0.5, 0.6) is 5.75 Å². The molecule has 0 heterocycles. The third-order valence-electron chi connectivity index (χ3n) is 4.02. The van der Waals surface area contributed by atoms with Gasteiger partial charge in [-0.15, -0.1) is 0 Å². The molecule has 1 aliphatic rings. The highest BCUT2D eigenvalue weighted by Crippen LogP contribution is 2.22. The molecule has 5 nitrogen and oxygen atoms in total. The number of amides is 1. The molecule has 1 aromatic carbocycles. The molecule has 2 N–H and O–H groups in total. The molecule has 0 unspecified atom stereocenters. The summed E-state index contributed by atoms with van der Waals surface area (Å²) >= 11 is 0. The molecule has 0 saturated heterocycles. The summed E-state index contributed by atoms with van der Waals surface area (Å²) in [6, 6.07) is 4.68. The Balaban J connectivity index is 1.75. The Bertz CT molecular complexity index is 535. The van der Waals surface area contributed by atoms with Gasteiger partial charge in [0, 0.05) is 6.54 Å². The molecule has 120 valence electrons. The maximum absolute atomic E-state index is 11.9. The average molecular weight is 305 g/mol. The fourth-order valence-corrected chi connectivity index (χ4v) is 2.72. The summed E-state index contributed by atoms with van der Waals surface area (Å²) in [6.45, 7) is 2.14. The number of phenols is 1. The van der Waals surface area contributed by atoms with Crippen molar-refractivity contribution in [2.45, 2.75) is 39.0 Å². The lowest BCUT2D eigenvalue weighted by molar-refractivity contribution is -0.124. The lowest BCUT2D eigenvalue weighted by Gasteiger charge is -2.21. The van der Waals surface area contributed by atoms with Gasteiger partial charge in [-0.25, -0.2) is 4.79 Å². The number of nitrogens with one attached hydrogen (secondary N) is 1. The zero-order chi connectivity index (χ0) is 15.9. The van der Waals surface area contributed by atoms with Gasteiger partial charge < -0.3 is 15.2 Å². The molecule has 1 saturated carbocycles. The fraction of sp³-hybridized carbons (Fsp3) is 0.529. The normalized spacial score (nSPS) is 15.3. The minimum Gasteiger partial charge on any atom is -0.507 e. The van der Waals surface area contributed by atoms with Crippen LogP contribution in [0.2, 0.25) is 0 Å². The minimum atomic E-state index is -0.686. The van der Waals surface area contributed by atoms with Crippen LogP contribution in [0.3, 0.4) is 0 Å². The van der Waals surface area contributed by atoms with Gasteiger partial charge in [0.2, 0.25) is 0 Å². The lowest BCUT2D eigenvalue weighted by atomic mass is 9.89. The van der Waals surface area contributed by atoms with Gasteiger partial charge in [-0.2, -0.15) is 0 Å². The number of esters is 1. The Morgan fingerprint density at radius 3 is 2.73 bits per heavy atom. The number of hydrogen-bond acceptors (Lipinski definition) is 4. The van der Waals surface area contributed by atoms with Crippen molar-refractivity contribution < 1.29 is 19.4 Å².